The number of nitrogens with zero attached hydrogens (tertiary/aromatic N) is 2. The Labute approximate surface area is 277 Å². The number of hydrogen-bond donors (Lipinski definition) is 0. The fraction of sp³-hybridized carbons (Fsp3) is 0.211. The summed E-state index contributed by atoms with van der Waals surface area (Å²) in [5.41, 5.74) is 5.83. The Morgan fingerprint density at radius 1 is 0.489 bits per heavy atom. The molecular weight excluding hydrogens is 608 g/mol. The maximum absolute atomic E-state index is 13.6. The summed E-state index contributed by atoms with van der Waals surface area (Å²) in [4.78, 5) is 0. The minimum atomic E-state index is -0.664. The molecular formula is C38H34F4N2Ti. The number of fused-ring (bicyclic) bond motifs is 2. The largest absolute Gasteiger partial charge is 4.00 e. The van der Waals surface area contributed by atoms with Gasteiger partial charge in [-0.1, -0.05) is 0 Å². The minimum absolute atomic E-state index is 0. The van der Waals surface area contributed by atoms with Crippen molar-refractivity contribution in [2.75, 3.05) is 0 Å². The van der Waals surface area contributed by atoms with Crippen LogP contribution in [0.2, 0.25) is 0 Å². The van der Waals surface area contributed by atoms with E-state index < -0.39 is 23.3 Å². The van der Waals surface area contributed by atoms with Gasteiger partial charge in [-0.25, -0.2) is 41.8 Å². The maximum Gasteiger partial charge on any atom is 4.00 e. The summed E-state index contributed by atoms with van der Waals surface area (Å²) in [7, 11) is 0. The smallest absolute Gasteiger partial charge is 0.374 e. The van der Waals surface area contributed by atoms with Gasteiger partial charge in [-0.2, -0.15) is 36.4 Å². The van der Waals surface area contributed by atoms with E-state index in [4.69, 9.17) is 0 Å². The molecule has 7 heteroatoms. The molecule has 0 saturated carbocycles. The molecule has 0 atom stereocenters. The van der Waals surface area contributed by atoms with Crippen molar-refractivity contribution in [3.63, 3.8) is 0 Å². The zero-order chi connectivity index (χ0) is 30.7. The van der Waals surface area contributed by atoms with Crippen molar-refractivity contribution in [1.29, 1.82) is 0 Å². The van der Waals surface area contributed by atoms with Gasteiger partial charge in [-0.05, 0) is 85.0 Å². The second-order valence-corrected chi connectivity index (χ2v) is 10.8. The van der Waals surface area contributed by atoms with Crippen LogP contribution in [0, 0.1) is 35.4 Å². The van der Waals surface area contributed by atoms with E-state index in [-0.39, 0.29) is 21.7 Å². The quantitative estimate of drug-likeness (QED) is 0.101. The molecule has 0 amide bonds. The van der Waals surface area contributed by atoms with Crippen LogP contribution in [0.1, 0.15) is 47.9 Å². The van der Waals surface area contributed by atoms with Gasteiger partial charge in [0.1, 0.15) is 0 Å². The van der Waals surface area contributed by atoms with E-state index in [0.29, 0.717) is 11.4 Å². The fourth-order valence-electron chi connectivity index (χ4n) is 5.43. The van der Waals surface area contributed by atoms with Gasteiger partial charge in [0.15, 0.2) is 0 Å². The van der Waals surface area contributed by atoms with Crippen LogP contribution in [0.5, 0.6) is 0 Å². The Morgan fingerprint density at radius 2 is 0.800 bits per heavy atom. The van der Waals surface area contributed by atoms with E-state index in [1.165, 1.54) is 72.2 Å². The number of benzene rings is 2. The molecule has 228 valence electrons. The molecule has 45 heavy (non-hydrogen) atoms. The molecule has 4 aromatic carbocycles. The van der Waals surface area contributed by atoms with E-state index >= 15 is 0 Å². The minimum Gasteiger partial charge on any atom is -0.374 e. The van der Waals surface area contributed by atoms with Crippen LogP contribution in [-0.2, 0) is 47.4 Å². The average Bonchev–Trinajstić information content (AvgIpc) is 3.86. The molecule has 2 nitrogen and oxygen atoms in total. The van der Waals surface area contributed by atoms with Gasteiger partial charge in [0.2, 0.25) is 0 Å². The second-order valence-electron chi connectivity index (χ2n) is 10.8. The van der Waals surface area contributed by atoms with Gasteiger partial charge in [0.05, 0.1) is 0 Å². The summed E-state index contributed by atoms with van der Waals surface area (Å²) >= 11 is 0. The number of hydrogen-bond acceptors (Lipinski definition) is 0. The van der Waals surface area contributed by atoms with Crippen LogP contribution in [0.15, 0.2) is 110 Å². The molecule has 0 bridgehead atoms. The van der Waals surface area contributed by atoms with E-state index in [9.17, 15) is 17.6 Å². The molecule has 0 aliphatic heterocycles. The van der Waals surface area contributed by atoms with Crippen molar-refractivity contribution in [2.45, 2.75) is 51.4 Å². The molecule has 0 spiro atoms. The molecule has 0 unspecified atom stereocenters. The summed E-state index contributed by atoms with van der Waals surface area (Å²) in [6.45, 7) is 0. The van der Waals surface area contributed by atoms with Crippen molar-refractivity contribution < 1.29 is 39.3 Å². The summed E-state index contributed by atoms with van der Waals surface area (Å²) in [6.07, 6.45) is 16.7. The molecule has 2 aromatic heterocycles. The third-order valence-corrected chi connectivity index (χ3v) is 7.64. The molecule has 2 aliphatic rings. The van der Waals surface area contributed by atoms with Gasteiger partial charge < -0.3 is 9.13 Å². The molecule has 0 radical (unpaired) electrons. The first-order valence-electron chi connectivity index (χ1n) is 15.0. The van der Waals surface area contributed by atoms with Crippen molar-refractivity contribution in [3.05, 3.63) is 167 Å². The Morgan fingerprint density at radius 3 is 1.04 bits per heavy atom. The topological polar surface area (TPSA) is 9.86 Å². The number of rotatable bonds is 2. The van der Waals surface area contributed by atoms with Gasteiger partial charge in [-0.3, -0.25) is 0 Å². The molecule has 8 rings (SSSR count). The first-order chi connectivity index (χ1) is 21.5. The molecule has 2 heterocycles. The van der Waals surface area contributed by atoms with E-state index in [1.54, 1.807) is 9.13 Å². The predicted octanol–water partition coefficient (Wildman–Crippen LogP) is 9.68. The van der Waals surface area contributed by atoms with Crippen LogP contribution >= 0.6 is 0 Å². The maximum atomic E-state index is 13.6. The first kappa shape index (κ1) is 34.0. The summed E-state index contributed by atoms with van der Waals surface area (Å²) in [5, 5.41) is 0. The van der Waals surface area contributed by atoms with Crippen LogP contribution < -0.4 is 0 Å². The average molecular weight is 643 g/mol. The predicted molar refractivity (Wildman–Crippen MR) is 166 cm³/mol. The number of halogens is 4. The van der Waals surface area contributed by atoms with Crippen molar-refractivity contribution >= 4 is 0 Å². The molecule has 2 aliphatic carbocycles. The fourth-order valence-corrected chi connectivity index (χ4v) is 5.43. The first-order valence-corrected chi connectivity index (χ1v) is 15.0. The van der Waals surface area contributed by atoms with E-state index in [2.05, 4.69) is 12.1 Å². The van der Waals surface area contributed by atoms with Gasteiger partial charge in [0.25, 0.3) is 0 Å². The van der Waals surface area contributed by atoms with E-state index in [1.807, 2.05) is 85.5 Å². The molecule has 0 saturated heterocycles. The van der Waals surface area contributed by atoms with Crippen molar-refractivity contribution in [1.82, 2.24) is 9.13 Å². The van der Waals surface area contributed by atoms with Crippen LogP contribution in [0.3, 0.4) is 0 Å². The van der Waals surface area contributed by atoms with Gasteiger partial charge in [-0.15, -0.1) is 36.4 Å². The van der Waals surface area contributed by atoms with Crippen LogP contribution in [-0.4, -0.2) is 9.13 Å². The van der Waals surface area contributed by atoms with Crippen molar-refractivity contribution in [2.24, 2.45) is 0 Å². The number of aryl methyl sites for hydroxylation is 4. The van der Waals surface area contributed by atoms with E-state index in [0.717, 1.165) is 25.7 Å². The third-order valence-electron chi connectivity index (χ3n) is 7.64. The molecule has 0 fully saturated rings. The van der Waals surface area contributed by atoms with Gasteiger partial charge in [0, 0.05) is 48.1 Å². The van der Waals surface area contributed by atoms with Crippen LogP contribution in [0.4, 0.5) is 17.6 Å². The monoisotopic (exact) mass is 642 g/mol. The SMILES string of the molecule is Fc1[c-]c(F)c(-n2cc3c(c2)CCCC3)cc1.Fc1[c-]c(F)c(-n2cc3c(c2)CCCC3)cc1.[Ti+4].c1cc[cH-]c1.c1cc[cH-]c1. The Hall–Kier alpha value is -3.87. The van der Waals surface area contributed by atoms with Crippen molar-refractivity contribution in [3.8, 4) is 11.4 Å². The Bertz CT molecular complexity index is 1510. The molecule has 0 N–H and O–H groups in total. The third kappa shape index (κ3) is 9.56. The van der Waals surface area contributed by atoms with Crippen LogP contribution in [0.25, 0.3) is 11.4 Å². The summed E-state index contributed by atoms with van der Waals surface area (Å²) in [5.74, 6) is -2.61. The Kier molecular flexibility index (Phi) is 12.8. The zero-order valence-corrected chi connectivity index (χ0v) is 26.5. The second kappa shape index (κ2) is 17.0. The zero-order valence-electron chi connectivity index (χ0n) is 25.0. The summed E-state index contributed by atoms with van der Waals surface area (Å²) < 4.78 is 56.2. The number of aromatic nitrogens is 2. The Balaban J connectivity index is 0.000000154. The molecule has 6 aromatic rings. The normalized spacial score (nSPS) is 12.9. The van der Waals surface area contributed by atoms with Gasteiger partial charge >= 0.3 is 21.7 Å². The summed E-state index contributed by atoms with van der Waals surface area (Å²) in [6, 6.07) is 29.5. The standard InChI is InChI=1S/2C14H12F2N.2C5H5.Ti/c2*15-12-5-6-14(13(16)7-12)17-8-10-3-1-2-4-11(10)9-17;2*1-2-4-5-3-1;/h2*5-6,8-9H,1-4H2;2*1-5H;/q4*-1;+4.